The van der Waals surface area contributed by atoms with Gasteiger partial charge in [-0.2, -0.15) is 0 Å². The minimum atomic E-state index is -0.477. The lowest BCUT2D eigenvalue weighted by atomic mass is 10.1. The number of anilines is 1. The molecule has 5 nitrogen and oxygen atoms in total. The van der Waals surface area contributed by atoms with Gasteiger partial charge in [-0.15, -0.1) is 0 Å². The number of nitrogens with zero attached hydrogens (tertiary/aromatic N) is 2. The van der Waals surface area contributed by atoms with Crippen LogP contribution in [0, 0.1) is 25.4 Å². The average Bonchev–Trinajstić information content (AvgIpc) is 2.92. The summed E-state index contributed by atoms with van der Waals surface area (Å²) >= 11 is 1.76. The van der Waals surface area contributed by atoms with Crippen molar-refractivity contribution in [1.29, 1.82) is 0 Å². The normalized spacial score (nSPS) is 16.9. The molecule has 0 spiro atoms. The van der Waals surface area contributed by atoms with Crippen molar-refractivity contribution in [3.8, 4) is 0 Å². The Morgan fingerprint density at radius 1 is 1.48 bits per heavy atom. The first-order valence-corrected chi connectivity index (χ1v) is 8.15. The molecular weight excluding hydrogens is 388 g/mol. The number of benzene rings is 1. The summed E-state index contributed by atoms with van der Waals surface area (Å²) in [5, 5.41) is 14.1. The van der Waals surface area contributed by atoms with Crippen LogP contribution in [-0.2, 0) is 0 Å². The zero-order chi connectivity index (χ0) is 15.4. The summed E-state index contributed by atoms with van der Waals surface area (Å²) in [5.41, 5.74) is 0.181. The first-order valence-electron chi connectivity index (χ1n) is 7.07. The van der Waals surface area contributed by atoms with E-state index >= 15 is 0 Å². The van der Waals surface area contributed by atoms with E-state index in [1.807, 2.05) is 0 Å². The van der Waals surface area contributed by atoms with E-state index in [-0.39, 0.29) is 14.9 Å². The van der Waals surface area contributed by atoms with Crippen molar-refractivity contribution in [2.45, 2.75) is 19.8 Å². The summed E-state index contributed by atoms with van der Waals surface area (Å²) in [6, 6.07) is 2.48. The largest absolute Gasteiger partial charge is 0.379 e. The van der Waals surface area contributed by atoms with Crippen LogP contribution in [0.25, 0.3) is 0 Å². The zero-order valence-electron chi connectivity index (χ0n) is 11.9. The number of nitro benzene ring substituents is 1. The number of hydrogen-bond donors (Lipinski definition) is 1. The molecule has 1 heterocycles. The van der Waals surface area contributed by atoms with Crippen LogP contribution in [0.1, 0.15) is 19.8 Å². The van der Waals surface area contributed by atoms with Crippen LogP contribution in [0.2, 0.25) is 0 Å². The van der Waals surface area contributed by atoms with Gasteiger partial charge in [-0.25, -0.2) is 4.39 Å². The number of likely N-dealkylation sites (tertiary alicyclic amines) is 1. The van der Waals surface area contributed by atoms with Crippen LogP contribution in [0.4, 0.5) is 15.8 Å². The van der Waals surface area contributed by atoms with Gasteiger partial charge < -0.3 is 10.2 Å². The number of nitrogens with one attached hydrogen (secondary N) is 1. The first kappa shape index (κ1) is 16.4. The Balaban J connectivity index is 1.98. The highest BCUT2D eigenvalue weighted by Gasteiger charge is 2.19. The molecule has 1 aliphatic rings. The fraction of sp³-hybridized carbons (Fsp3) is 0.571. The molecule has 1 fully saturated rings. The standard InChI is InChI=1S/C14H19FIN3O2/c1-10(9-18-4-2-3-5-18)8-17-13-6-11(15)12(16)7-14(13)19(20)21/h6-7,10,17H,2-5,8-9H2,1H3. The fourth-order valence-corrected chi connectivity index (χ4v) is 3.03. The average molecular weight is 407 g/mol. The lowest BCUT2D eigenvalue weighted by molar-refractivity contribution is -0.384. The van der Waals surface area contributed by atoms with Gasteiger partial charge in [0, 0.05) is 25.2 Å². The third-order valence-electron chi connectivity index (χ3n) is 3.64. The van der Waals surface area contributed by atoms with Crippen LogP contribution in [0.15, 0.2) is 12.1 Å². The van der Waals surface area contributed by atoms with E-state index in [1.165, 1.54) is 25.0 Å². The van der Waals surface area contributed by atoms with E-state index in [1.54, 1.807) is 22.6 Å². The second-order valence-electron chi connectivity index (χ2n) is 5.53. The van der Waals surface area contributed by atoms with Gasteiger partial charge in [-0.05, 0) is 54.4 Å². The number of nitro groups is 1. The van der Waals surface area contributed by atoms with Gasteiger partial charge in [-0.3, -0.25) is 10.1 Å². The first-order chi connectivity index (χ1) is 9.97. The van der Waals surface area contributed by atoms with Crippen LogP contribution in [0.3, 0.4) is 0 Å². The molecule has 0 radical (unpaired) electrons. The quantitative estimate of drug-likeness (QED) is 0.446. The van der Waals surface area contributed by atoms with E-state index in [0.29, 0.717) is 12.5 Å². The number of rotatable bonds is 6. The monoisotopic (exact) mass is 407 g/mol. The highest BCUT2D eigenvalue weighted by Crippen LogP contribution is 2.28. The Labute approximate surface area is 137 Å². The lowest BCUT2D eigenvalue weighted by Crippen LogP contribution is -2.29. The van der Waals surface area contributed by atoms with Gasteiger partial charge in [0.15, 0.2) is 0 Å². The molecule has 1 unspecified atom stereocenters. The molecule has 0 aromatic heterocycles. The Morgan fingerprint density at radius 2 is 2.14 bits per heavy atom. The zero-order valence-corrected chi connectivity index (χ0v) is 14.1. The second kappa shape index (κ2) is 7.35. The topological polar surface area (TPSA) is 58.4 Å². The molecular formula is C14H19FIN3O2. The van der Waals surface area contributed by atoms with Gasteiger partial charge in [0.05, 0.1) is 8.49 Å². The molecule has 7 heteroatoms. The summed E-state index contributed by atoms with van der Waals surface area (Å²) in [6.07, 6.45) is 2.49. The maximum absolute atomic E-state index is 13.6. The van der Waals surface area contributed by atoms with Crippen LogP contribution in [0.5, 0.6) is 0 Å². The summed E-state index contributed by atoms with van der Waals surface area (Å²) in [7, 11) is 0. The van der Waals surface area contributed by atoms with Crippen molar-refractivity contribution in [2.75, 3.05) is 31.5 Å². The molecule has 0 saturated carbocycles. The second-order valence-corrected chi connectivity index (χ2v) is 6.70. The smallest absolute Gasteiger partial charge is 0.293 e. The van der Waals surface area contributed by atoms with Gasteiger partial charge in [-0.1, -0.05) is 6.92 Å². The summed E-state index contributed by atoms with van der Waals surface area (Å²) in [5.74, 6) is -0.0825. The van der Waals surface area contributed by atoms with Crippen molar-refractivity contribution in [3.05, 3.63) is 31.6 Å². The molecule has 1 N–H and O–H groups in total. The highest BCUT2D eigenvalue weighted by molar-refractivity contribution is 14.1. The van der Waals surface area contributed by atoms with Crippen molar-refractivity contribution < 1.29 is 9.31 Å². The van der Waals surface area contributed by atoms with Gasteiger partial charge >= 0.3 is 0 Å². The highest BCUT2D eigenvalue weighted by atomic mass is 127. The van der Waals surface area contributed by atoms with Crippen molar-refractivity contribution >= 4 is 34.0 Å². The van der Waals surface area contributed by atoms with Crippen molar-refractivity contribution in [1.82, 2.24) is 4.90 Å². The fourth-order valence-electron chi connectivity index (χ4n) is 2.58. The van der Waals surface area contributed by atoms with Gasteiger partial charge in [0.2, 0.25) is 0 Å². The third kappa shape index (κ3) is 4.50. The Hall–Kier alpha value is -0.960. The Bertz CT molecular complexity index is 521. The lowest BCUT2D eigenvalue weighted by Gasteiger charge is -2.20. The van der Waals surface area contributed by atoms with E-state index in [0.717, 1.165) is 19.6 Å². The molecule has 0 aliphatic carbocycles. The van der Waals surface area contributed by atoms with Gasteiger partial charge in [0.1, 0.15) is 11.5 Å². The maximum atomic E-state index is 13.6. The summed E-state index contributed by atoms with van der Waals surface area (Å²) in [6.45, 7) is 5.91. The van der Waals surface area contributed by atoms with Crippen LogP contribution < -0.4 is 5.32 Å². The predicted octanol–water partition coefficient (Wildman–Crippen LogP) is 3.48. The van der Waals surface area contributed by atoms with E-state index in [4.69, 9.17) is 0 Å². The van der Waals surface area contributed by atoms with Gasteiger partial charge in [0.25, 0.3) is 5.69 Å². The van der Waals surface area contributed by atoms with E-state index < -0.39 is 10.7 Å². The number of hydrogen-bond acceptors (Lipinski definition) is 4. The molecule has 1 aliphatic heterocycles. The molecule has 1 aromatic carbocycles. The summed E-state index contributed by atoms with van der Waals surface area (Å²) < 4.78 is 13.9. The molecule has 2 rings (SSSR count). The SMILES string of the molecule is CC(CNc1cc(F)c(I)cc1[N+](=O)[O-])CN1CCCC1. The van der Waals surface area contributed by atoms with Crippen LogP contribution in [-0.4, -0.2) is 36.0 Å². The molecule has 1 aromatic rings. The van der Waals surface area contributed by atoms with Crippen LogP contribution >= 0.6 is 22.6 Å². The van der Waals surface area contributed by atoms with E-state index in [9.17, 15) is 14.5 Å². The molecule has 1 saturated heterocycles. The minimum absolute atomic E-state index is 0.0748. The molecule has 0 amide bonds. The molecule has 0 bridgehead atoms. The summed E-state index contributed by atoms with van der Waals surface area (Å²) in [4.78, 5) is 13.0. The Morgan fingerprint density at radius 3 is 2.76 bits per heavy atom. The predicted molar refractivity (Wildman–Crippen MR) is 89.1 cm³/mol. The third-order valence-corrected chi connectivity index (χ3v) is 4.47. The molecule has 1 atom stereocenters. The number of halogens is 2. The molecule has 21 heavy (non-hydrogen) atoms. The van der Waals surface area contributed by atoms with Crippen molar-refractivity contribution in [2.24, 2.45) is 5.92 Å². The van der Waals surface area contributed by atoms with E-state index in [2.05, 4.69) is 17.1 Å². The van der Waals surface area contributed by atoms with Crippen molar-refractivity contribution in [3.63, 3.8) is 0 Å². The Kier molecular flexibility index (Phi) is 5.74. The maximum Gasteiger partial charge on any atom is 0.293 e. The molecule has 116 valence electrons. The minimum Gasteiger partial charge on any atom is -0.379 e.